The number of nitrogens with zero attached hydrogens (tertiary/aromatic N) is 4. The van der Waals surface area contributed by atoms with E-state index in [9.17, 15) is 9.59 Å². The molecular weight excluding hydrogens is 396 g/mol. The lowest BCUT2D eigenvalue weighted by Gasteiger charge is -2.09. The van der Waals surface area contributed by atoms with Crippen molar-refractivity contribution < 1.29 is 9.59 Å². The molecule has 10 heteroatoms. The van der Waals surface area contributed by atoms with E-state index in [4.69, 9.17) is 5.73 Å². The van der Waals surface area contributed by atoms with E-state index in [1.165, 1.54) is 23.5 Å². The first kappa shape index (κ1) is 20.2. The van der Waals surface area contributed by atoms with Gasteiger partial charge in [0.15, 0.2) is 0 Å². The molecule has 0 unspecified atom stereocenters. The molecule has 3 rings (SSSR count). The van der Waals surface area contributed by atoms with Gasteiger partial charge in [-0.15, -0.1) is 16.9 Å². The summed E-state index contributed by atoms with van der Waals surface area (Å²) in [5.74, 6) is 0.236. The molecule has 0 atom stereocenters. The lowest BCUT2D eigenvalue weighted by atomic mass is 10.2. The number of hydrogen-bond acceptors (Lipinski definition) is 7. The number of amides is 2. The van der Waals surface area contributed by atoms with Gasteiger partial charge < -0.3 is 11.1 Å². The molecule has 3 aromatic rings. The van der Waals surface area contributed by atoms with Crippen molar-refractivity contribution in [3.63, 3.8) is 0 Å². The van der Waals surface area contributed by atoms with Gasteiger partial charge in [0.2, 0.25) is 17.0 Å². The summed E-state index contributed by atoms with van der Waals surface area (Å²) in [7, 11) is 0. The summed E-state index contributed by atoms with van der Waals surface area (Å²) in [4.78, 5) is 33.0. The normalized spacial score (nSPS) is 11.0. The molecule has 0 fully saturated rings. The van der Waals surface area contributed by atoms with Crippen LogP contribution in [0.2, 0.25) is 0 Å². The third-order valence-electron chi connectivity index (χ3n) is 4.10. The van der Waals surface area contributed by atoms with Gasteiger partial charge in [0.1, 0.15) is 0 Å². The summed E-state index contributed by atoms with van der Waals surface area (Å²) >= 11 is 2.53. The van der Waals surface area contributed by atoms with Crippen molar-refractivity contribution in [2.45, 2.75) is 30.8 Å². The molecule has 0 saturated heterocycles. The SMILES string of the molecule is Cc1nc2nc(SCC(=O)Nc3ccccc3SCC(N)=O)nn2c(C)c1C. The number of aromatic nitrogens is 4. The number of fused-ring (bicyclic) bond motifs is 1. The second-order valence-corrected chi connectivity index (χ2v) is 8.06. The summed E-state index contributed by atoms with van der Waals surface area (Å²) in [5, 5.41) is 7.78. The Balaban J connectivity index is 1.66. The molecule has 0 radical (unpaired) electrons. The highest BCUT2D eigenvalue weighted by Crippen LogP contribution is 2.27. The number of carbonyl (C=O) groups is 2. The molecule has 1 aromatic carbocycles. The van der Waals surface area contributed by atoms with Gasteiger partial charge in [0.05, 0.1) is 17.2 Å². The number of aryl methyl sites for hydroxylation is 2. The second kappa shape index (κ2) is 8.61. The van der Waals surface area contributed by atoms with Crippen LogP contribution in [0.4, 0.5) is 5.69 Å². The van der Waals surface area contributed by atoms with E-state index in [1.807, 2.05) is 39.0 Å². The van der Waals surface area contributed by atoms with Gasteiger partial charge in [-0.1, -0.05) is 23.9 Å². The van der Waals surface area contributed by atoms with E-state index < -0.39 is 5.91 Å². The monoisotopic (exact) mass is 416 g/mol. The third kappa shape index (κ3) is 4.63. The fourth-order valence-electron chi connectivity index (χ4n) is 2.46. The molecule has 2 amide bonds. The lowest BCUT2D eigenvalue weighted by molar-refractivity contribution is -0.115. The first-order chi connectivity index (χ1) is 13.3. The Kier molecular flexibility index (Phi) is 6.20. The number of anilines is 1. The van der Waals surface area contributed by atoms with Crippen molar-refractivity contribution >= 4 is 46.8 Å². The van der Waals surface area contributed by atoms with Gasteiger partial charge in [0.25, 0.3) is 5.78 Å². The molecule has 0 spiro atoms. The molecule has 0 saturated carbocycles. The van der Waals surface area contributed by atoms with Crippen LogP contribution in [0, 0.1) is 20.8 Å². The molecule has 2 aromatic heterocycles. The molecule has 2 heterocycles. The van der Waals surface area contributed by atoms with Crippen molar-refractivity contribution in [3.05, 3.63) is 41.2 Å². The Morgan fingerprint density at radius 3 is 2.61 bits per heavy atom. The van der Waals surface area contributed by atoms with Crippen LogP contribution in [0.3, 0.4) is 0 Å². The molecule has 0 aliphatic carbocycles. The molecule has 0 aliphatic rings. The maximum atomic E-state index is 12.4. The number of primary amides is 1. The standard InChI is InChI=1S/C18H20N6O2S2/c1-10-11(2)20-17-22-18(23-24(17)12(10)3)28-9-16(26)21-13-6-4-5-7-14(13)27-8-15(19)25/h4-7H,8-9H2,1-3H3,(H2,19,25)(H,21,26). The number of benzene rings is 1. The minimum absolute atomic E-state index is 0.151. The van der Waals surface area contributed by atoms with Crippen molar-refractivity contribution in [1.82, 2.24) is 19.6 Å². The summed E-state index contributed by atoms with van der Waals surface area (Å²) < 4.78 is 1.69. The number of para-hydroxylation sites is 1. The lowest BCUT2D eigenvalue weighted by Crippen LogP contribution is -2.16. The van der Waals surface area contributed by atoms with Crippen LogP contribution >= 0.6 is 23.5 Å². The van der Waals surface area contributed by atoms with Crippen LogP contribution in [0.25, 0.3) is 5.78 Å². The van der Waals surface area contributed by atoms with E-state index in [1.54, 1.807) is 10.6 Å². The predicted octanol–water partition coefficient (Wildman–Crippen LogP) is 2.36. The quantitative estimate of drug-likeness (QED) is 0.568. The average Bonchev–Trinajstić information content (AvgIpc) is 3.07. The van der Waals surface area contributed by atoms with Gasteiger partial charge in [-0.25, -0.2) is 9.50 Å². The Hall–Kier alpha value is -2.59. The van der Waals surface area contributed by atoms with Gasteiger partial charge in [-0.2, -0.15) is 4.98 Å². The first-order valence-corrected chi connectivity index (χ1v) is 10.5. The Morgan fingerprint density at radius 1 is 1.11 bits per heavy atom. The summed E-state index contributed by atoms with van der Waals surface area (Å²) in [5.41, 5.74) is 8.80. The maximum Gasteiger partial charge on any atom is 0.253 e. The maximum absolute atomic E-state index is 12.4. The van der Waals surface area contributed by atoms with Crippen LogP contribution in [-0.2, 0) is 9.59 Å². The predicted molar refractivity (Wildman–Crippen MR) is 111 cm³/mol. The zero-order valence-electron chi connectivity index (χ0n) is 15.7. The van der Waals surface area contributed by atoms with Crippen molar-refractivity contribution in [2.75, 3.05) is 16.8 Å². The highest BCUT2D eigenvalue weighted by atomic mass is 32.2. The molecule has 0 bridgehead atoms. The fourth-order valence-corrected chi connectivity index (χ4v) is 3.82. The number of hydrogen-bond donors (Lipinski definition) is 2. The number of nitrogens with one attached hydrogen (secondary N) is 1. The van der Waals surface area contributed by atoms with Crippen LogP contribution < -0.4 is 11.1 Å². The van der Waals surface area contributed by atoms with Crippen LogP contribution in [0.5, 0.6) is 0 Å². The van der Waals surface area contributed by atoms with Gasteiger partial charge in [-0.3, -0.25) is 9.59 Å². The van der Waals surface area contributed by atoms with Crippen molar-refractivity contribution in [3.8, 4) is 0 Å². The Morgan fingerprint density at radius 2 is 1.86 bits per heavy atom. The van der Waals surface area contributed by atoms with Crippen molar-refractivity contribution in [1.29, 1.82) is 0 Å². The average molecular weight is 417 g/mol. The minimum Gasteiger partial charge on any atom is -0.369 e. The van der Waals surface area contributed by atoms with Crippen LogP contribution in [0.15, 0.2) is 34.3 Å². The van der Waals surface area contributed by atoms with Crippen LogP contribution in [-0.4, -0.2) is 42.9 Å². The van der Waals surface area contributed by atoms with E-state index in [0.717, 1.165) is 21.8 Å². The van der Waals surface area contributed by atoms with Gasteiger partial charge in [0, 0.05) is 16.3 Å². The largest absolute Gasteiger partial charge is 0.369 e. The van der Waals surface area contributed by atoms with Crippen molar-refractivity contribution in [2.24, 2.45) is 5.73 Å². The number of thioether (sulfide) groups is 2. The minimum atomic E-state index is -0.408. The molecule has 0 aliphatic heterocycles. The second-order valence-electron chi connectivity index (χ2n) is 6.10. The molecule has 146 valence electrons. The highest BCUT2D eigenvalue weighted by molar-refractivity contribution is 8.00. The zero-order valence-corrected chi connectivity index (χ0v) is 17.4. The highest BCUT2D eigenvalue weighted by Gasteiger charge is 2.13. The van der Waals surface area contributed by atoms with E-state index >= 15 is 0 Å². The topological polar surface area (TPSA) is 115 Å². The van der Waals surface area contributed by atoms with E-state index in [-0.39, 0.29) is 17.4 Å². The van der Waals surface area contributed by atoms with Crippen LogP contribution in [0.1, 0.15) is 17.0 Å². The molecule has 28 heavy (non-hydrogen) atoms. The van der Waals surface area contributed by atoms with Gasteiger partial charge >= 0.3 is 0 Å². The number of rotatable bonds is 7. The molecule has 3 N–H and O–H groups in total. The summed E-state index contributed by atoms with van der Waals surface area (Å²) in [6.45, 7) is 5.89. The molecule has 8 nitrogen and oxygen atoms in total. The number of nitrogens with two attached hydrogens (primary N) is 1. The Labute approximate surface area is 170 Å². The van der Waals surface area contributed by atoms with Gasteiger partial charge in [-0.05, 0) is 38.5 Å². The molecular formula is C18H20N6O2S2. The zero-order chi connectivity index (χ0) is 20.3. The number of carbonyl (C=O) groups excluding carboxylic acids is 2. The van der Waals surface area contributed by atoms with E-state index in [2.05, 4.69) is 20.4 Å². The third-order valence-corrected chi connectivity index (χ3v) is 6.04. The fraction of sp³-hybridized carbons (Fsp3) is 0.278. The summed E-state index contributed by atoms with van der Waals surface area (Å²) in [6, 6.07) is 7.28. The van der Waals surface area contributed by atoms with E-state index in [0.29, 0.717) is 16.6 Å². The Bertz CT molecular complexity index is 1050. The summed E-state index contributed by atoms with van der Waals surface area (Å²) in [6.07, 6.45) is 0. The first-order valence-electron chi connectivity index (χ1n) is 8.48. The smallest absolute Gasteiger partial charge is 0.253 e.